The van der Waals surface area contributed by atoms with Gasteiger partial charge in [0.2, 0.25) is 5.91 Å². The number of aromatic nitrogens is 1. The van der Waals surface area contributed by atoms with Gasteiger partial charge in [-0.05, 0) is 66.6 Å². The second-order valence-corrected chi connectivity index (χ2v) is 6.74. The minimum atomic E-state index is 0.0792. The summed E-state index contributed by atoms with van der Waals surface area (Å²) in [6, 6.07) is 7.45. The van der Waals surface area contributed by atoms with Crippen LogP contribution in [0, 0.1) is 12.8 Å². The van der Waals surface area contributed by atoms with E-state index in [4.69, 9.17) is 0 Å². The number of nitrogens with zero attached hydrogens (tertiary/aromatic N) is 1. The monoisotopic (exact) mass is 320 g/mol. The lowest BCUT2D eigenvalue weighted by Gasteiger charge is -2.21. The summed E-state index contributed by atoms with van der Waals surface area (Å²) in [7, 11) is 0. The number of aryl methyl sites for hydroxylation is 1. The van der Waals surface area contributed by atoms with Crippen LogP contribution >= 0.6 is 0 Å². The number of hydrogen-bond acceptors (Lipinski definition) is 3. The summed E-state index contributed by atoms with van der Waals surface area (Å²) in [4.78, 5) is 16.3. The van der Waals surface area contributed by atoms with Crippen molar-refractivity contribution in [3.8, 4) is 5.75 Å². The molecule has 1 amide bonds. The number of fused-ring (bicyclic) bond motifs is 1. The number of amides is 1. The van der Waals surface area contributed by atoms with Gasteiger partial charge in [-0.3, -0.25) is 4.79 Å². The van der Waals surface area contributed by atoms with E-state index in [-0.39, 0.29) is 17.7 Å². The number of aromatic hydroxyl groups is 1. The molecular weight excluding hydrogens is 300 g/mol. The Kier molecular flexibility index (Phi) is 3.60. The molecule has 1 heterocycles. The highest BCUT2D eigenvalue weighted by atomic mass is 16.3. The zero-order chi connectivity index (χ0) is 16.7. The number of allylic oxidation sites excluding steroid dienone is 1. The van der Waals surface area contributed by atoms with Gasteiger partial charge in [-0.2, -0.15) is 0 Å². The smallest absolute Gasteiger partial charge is 0.228 e. The van der Waals surface area contributed by atoms with Crippen molar-refractivity contribution >= 4 is 17.8 Å². The maximum absolute atomic E-state index is 11.9. The van der Waals surface area contributed by atoms with Crippen LogP contribution in [0.5, 0.6) is 5.75 Å². The van der Waals surface area contributed by atoms with Crippen molar-refractivity contribution in [2.75, 3.05) is 5.32 Å². The van der Waals surface area contributed by atoms with Crippen LogP contribution in [0.2, 0.25) is 0 Å². The van der Waals surface area contributed by atoms with Crippen LogP contribution in [0.15, 0.2) is 36.5 Å². The second kappa shape index (κ2) is 5.78. The molecule has 2 aliphatic rings. The molecule has 2 aromatic rings. The molecule has 0 bridgehead atoms. The summed E-state index contributed by atoms with van der Waals surface area (Å²) >= 11 is 0. The van der Waals surface area contributed by atoms with Crippen molar-refractivity contribution in [2.24, 2.45) is 5.92 Å². The molecule has 0 aliphatic heterocycles. The van der Waals surface area contributed by atoms with Gasteiger partial charge in [-0.1, -0.05) is 18.2 Å². The summed E-state index contributed by atoms with van der Waals surface area (Å²) in [5.74, 6) is 1.42. The van der Waals surface area contributed by atoms with Gasteiger partial charge < -0.3 is 10.4 Å². The number of carbonyl (C=O) groups excluding carboxylic acids is 1. The SMILES string of the molecule is Cc1ccc(O)cc1C1C=Cc2cc(NC(=O)C3CC3)ncc2C1. The second-order valence-electron chi connectivity index (χ2n) is 6.74. The third kappa shape index (κ3) is 2.92. The molecule has 2 aliphatic carbocycles. The molecule has 4 rings (SSSR count). The van der Waals surface area contributed by atoms with E-state index in [1.54, 1.807) is 6.07 Å². The van der Waals surface area contributed by atoms with E-state index in [9.17, 15) is 9.90 Å². The molecule has 0 radical (unpaired) electrons. The number of hydrogen-bond donors (Lipinski definition) is 2. The highest BCUT2D eigenvalue weighted by molar-refractivity contribution is 5.93. The summed E-state index contributed by atoms with van der Waals surface area (Å²) in [5, 5.41) is 12.7. The zero-order valence-electron chi connectivity index (χ0n) is 13.6. The molecule has 1 aromatic heterocycles. The van der Waals surface area contributed by atoms with Crippen molar-refractivity contribution < 1.29 is 9.90 Å². The van der Waals surface area contributed by atoms with Crippen LogP contribution < -0.4 is 5.32 Å². The lowest BCUT2D eigenvalue weighted by Crippen LogP contribution is -2.15. The van der Waals surface area contributed by atoms with Gasteiger partial charge in [0, 0.05) is 18.0 Å². The van der Waals surface area contributed by atoms with Crippen molar-refractivity contribution in [2.45, 2.75) is 32.1 Å². The lowest BCUT2D eigenvalue weighted by molar-refractivity contribution is -0.117. The highest BCUT2D eigenvalue weighted by Gasteiger charge is 2.30. The molecule has 1 unspecified atom stereocenters. The zero-order valence-corrected chi connectivity index (χ0v) is 13.6. The quantitative estimate of drug-likeness (QED) is 0.904. The molecule has 122 valence electrons. The van der Waals surface area contributed by atoms with Crippen molar-refractivity contribution in [1.82, 2.24) is 4.98 Å². The Morgan fingerprint density at radius 3 is 2.92 bits per heavy atom. The van der Waals surface area contributed by atoms with Gasteiger partial charge in [0.25, 0.3) is 0 Å². The fraction of sp³-hybridized carbons (Fsp3) is 0.300. The van der Waals surface area contributed by atoms with Crippen LogP contribution in [0.1, 0.15) is 41.0 Å². The first-order valence-electron chi connectivity index (χ1n) is 8.37. The Morgan fingerprint density at radius 1 is 1.29 bits per heavy atom. The number of rotatable bonds is 3. The first-order chi connectivity index (χ1) is 11.6. The van der Waals surface area contributed by atoms with Gasteiger partial charge in [0.05, 0.1) is 0 Å². The van der Waals surface area contributed by atoms with Gasteiger partial charge in [0.1, 0.15) is 11.6 Å². The Hall–Kier alpha value is -2.62. The lowest BCUT2D eigenvalue weighted by atomic mass is 9.84. The number of phenolic OH excluding ortho intramolecular Hbond substituents is 1. The Labute approximate surface area is 141 Å². The summed E-state index contributed by atoms with van der Waals surface area (Å²) in [6.45, 7) is 2.06. The molecule has 4 nitrogen and oxygen atoms in total. The highest BCUT2D eigenvalue weighted by Crippen LogP contribution is 2.34. The first-order valence-corrected chi connectivity index (χ1v) is 8.37. The number of carbonyl (C=O) groups is 1. The third-order valence-corrected chi connectivity index (χ3v) is 4.83. The minimum Gasteiger partial charge on any atom is -0.508 e. The van der Waals surface area contributed by atoms with Crippen LogP contribution in [0.3, 0.4) is 0 Å². The van der Waals surface area contributed by atoms with E-state index in [0.29, 0.717) is 11.6 Å². The molecule has 0 spiro atoms. The maximum Gasteiger partial charge on any atom is 0.228 e. The number of benzene rings is 1. The van der Waals surface area contributed by atoms with Gasteiger partial charge >= 0.3 is 0 Å². The minimum absolute atomic E-state index is 0.0792. The summed E-state index contributed by atoms with van der Waals surface area (Å²) < 4.78 is 0. The number of phenols is 1. The molecule has 4 heteroatoms. The van der Waals surface area contributed by atoms with Gasteiger partial charge in [-0.25, -0.2) is 4.98 Å². The Morgan fingerprint density at radius 2 is 2.12 bits per heavy atom. The number of nitrogens with one attached hydrogen (secondary N) is 1. The predicted molar refractivity (Wildman–Crippen MR) is 93.9 cm³/mol. The average Bonchev–Trinajstić information content (AvgIpc) is 3.42. The van der Waals surface area contributed by atoms with Crippen LogP contribution in [-0.4, -0.2) is 16.0 Å². The molecule has 24 heavy (non-hydrogen) atoms. The molecule has 0 saturated heterocycles. The maximum atomic E-state index is 11.9. The Bertz CT molecular complexity index is 838. The number of pyridine rings is 1. The van der Waals surface area contributed by atoms with Crippen LogP contribution in [-0.2, 0) is 11.2 Å². The molecular formula is C20H20N2O2. The van der Waals surface area contributed by atoms with Crippen molar-refractivity contribution in [3.63, 3.8) is 0 Å². The third-order valence-electron chi connectivity index (χ3n) is 4.83. The molecule has 1 fully saturated rings. The largest absolute Gasteiger partial charge is 0.508 e. The van der Waals surface area contributed by atoms with E-state index in [1.807, 2.05) is 24.4 Å². The van der Waals surface area contributed by atoms with E-state index in [1.165, 1.54) is 5.56 Å². The summed E-state index contributed by atoms with van der Waals surface area (Å²) in [6.07, 6.45) is 8.92. The van der Waals surface area contributed by atoms with Crippen LogP contribution in [0.25, 0.3) is 6.08 Å². The molecule has 2 N–H and O–H groups in total. The summed E-state index contributed by atoms with van der Waals surface area (Å²) in [5.41, 5.74) is 4.58. The normalized spacial score (nSPS) is 19.0. The standard InChI is InChI=1S/C20H20N2O2/c1-12-2-7-17(23)10-18(12)15-6-5-14-9-19(21-11-16(14)8-15)22-20(24)13-3-4-13/h2,5-7,9-11,13,15,23H,3-4,8H2,1H3,(H,21,22,24). The molecule has 1 atom stereocenters. The predicted octanol–water partition coefficient (Wildman–Crippen LogP) is 3.80. The van der Waals surface area contributed by atoms with E-state index in [2.05, 4.69) is 29.4 Å². The molecule has 1 saturated carbocycles. The fourth-order valence-corrected chi connectivity index (χ4v) is 3.23. The first kappa shape index (κ1) is 14.9. The fourth-order valence-electron chi connectivity index (χ4n) is 3.23. The average molecular weight is 320 g/mol. The number of anilines is 1. The molecule has 1 aromatic carbocycles. The van der Waals surface area contributed by atoms with E-state index >= 15 is 0 Å². The van der Waals surface area contributed by atoms with E-state index < -0.39 is 0 Å². The Balaban J connectivity index is 1.56. The van der Waals surface area contributed by atoms with Crippen molar-refractivity contribution in [1.29, 1.82) is 0 Å². The van der Waals surface area contributed by atoms with Gasteiger partial charge in [0.15, 0.2) is 0 Å². The van der Waals surface area contributed by atoms with Crippen molar-refractivity contribution in [3.05, 3.63) is 58.8 Å². The van der Waals surface area contributed by atoms with Crippen LogP contribution in [0.4, 0.5) is 5.82 Å². The van der Waals surface area contributed by atoms with E-state index in [0.717, 1.165) is 36.0 Å². The topological polar surface area (TPSA) is 62.2 Å². The van der Waals surface area contributed by atoms with Gasteiger partial charge in [-0.15, -0.1) is 0 Å².